The number of nitrogens with one attached hydrogen (secondary N) is 2. The third-order valence-corrected chi connectivity index (χ3v) is 5.35. The zero-order valence-electron chi connectivity index (χ0n) is 15.9. The Bertz CT molecular complexity index is 867. The molecular weight excluding hydrogens is 395 g/mol. The van der Waals surface area contributed by atoms with Crippen LogP contribution >= 0.6 is 12.2 Å². The maximum absolute atomic E-state index is 14.8. The minimum absolute atomic E-state index is 0.000842. The first-order valence-electron chi connectivity index (χ1n) is 9.16. The number of benzene rings is 2. The van der Waals surface area contributed by atoms with Crippen LogP contribution in [0, 0.1) is 11.7 Å². The molecule has 2 aromatic carbocycles. The number of thiocarbonyl (C=S) groups is 1. The summed E-state index contributed by atoms with van der Waals surface area (Å²) in [5.41, 5.74) is -0.512. The normalized spacial score (nSPS) is 24.0. The molecule has 1 saturated heterocycles. The molecule has 0 saturated carbocycles. The van der Waals surface area contributed by atoms with Crippen molar-refractivity contribution in [3.8, 4) is 0 Å². The van der Waals surface area contributed by atoms with E-state index < -0.39 is 29.3 Å². The topological polar surface area (TPSA) is 79.8 Å². The average molecular weight is 418 g/mol. The third kappa shape index (κ3) is 4.45. The van der Waals surface area contributed by atoms with E-state index in [4.69, 9.17) is 21.7 Å². The van der Waals surface area contributed by atoms with E-state index in [-0.39, 0.29) is 30.5 Å². The molecule has 6 nitrogen and oxygen atoms in total. The summed E-state index contributed by atoms with van der Waals surface area (Å²) in [6.45, 7) is 0.00155. The molecule has 29 heavy (non-hydrogen) atoms. The van der Waals surface area contributed by atoms with Gasteiger partial charge in [0.15, 0.2) is 5.11 Å². The van der Waals surface area contributed by atoms with Crippen LogP contribution < -0.4 is 10.6 Å². The van der Waals surface area contributed by atoms with Crippen molar-refractivity contribution < 1.29 is 23.8 Å². The van der Waals surface area contributed by atoms with E-state index in [1.807, 2.05) is 0 Å². The first kappa shape index (κ1) is 21.3. The number of aliphatic hydroxyl groups excluding tert-OH is 1. The Labute approximate surface area is 174 Å². The molecule has 0 spiro atoms. The molecule has 1 heterocycles. The maximum Gasteiger partial charge on any atom is 0.257 e. The lowest BCUT2D eigenvalue weighted by Gasteiger charge is -2.47. The van der Waals surface area contributed by atoms with Crippen molar-refractivity contribution in [2.24, 2.45) is 5.92 Å². The standard InChI is InChI=1S/C21H23FN2O4S/c1-27-18-12-28-13-21(16(18)11-25,15-9-5-6-10-17(15)22)24-20(29)23-19(26)14-7-3-2-4-8-14/h2-10,16,18,25H,11-13H2,1H3,(H2,23,24,26,29)/t16-,18+,21-/m1/s1. The Morgan fingerprint density at radius 3 is 2.62 bits per heavy atom. The van der Waals surface area contributed by atoms with Crippen molar-refractivity contribution in [3.63, 3.8) is 0 Å². The highest BCUT2D eigenvalue weighted by Gasteiger charge is 2.49. The second-order valence-electron chi connectivity index (χ2n) is 6.80. The van der Waals surface area contributed by atoms with Crippen molar-refractivity contribution in [1.82, 2.24) is 10.6 Å². The van der Waals surface area contributed by atoms with Gasteiger partial charge in [-0.15, -0.1) is 0 Å². The van der Waals surface area contributed by atoms with E-state index in [0.717, 1.165) is 0 Å². The molecule has 2 aromatic rings. The monoisotopic (exact) mass is 418 g/mol. The van der Waals surface area contributed by atoms with Gasteiger partial charge in [0.25, 0.3) is 5.91 Å². The molecule has 8 heteroatoms. The lowest BCUT2D eigenvalue weighted by atomic mass is 9.74. The highest BCUT2D eigenvalue weighted by molar-refractivity contribution is 7.80. The lowest BCUT2D eigenvalue weighted by molar-refractivity contribution is -0.128. The molecule has 1 aliphatic heterocycles. The zero-order chi connectivity index (χ0) is 20.9. The van der Waals surface area contributed by atoms with Gasteiger partial charge in [-0.05, 0) is 30.4 Å². The smallest absolute Gasteiger partial charge is 0.257 e. The van der Waals surface area contributed by atoms with Crippen molar-refractivity contribution in [2.75, 3.05) is 26.9 Å². The Balaban J connectivity index is 1.92. The minimum Gasteiger partial charge on any atom is -0.396 e. The van der Waals surface area contributed by atoms with E-state index in [0.29, 0.717) is 5.56 Å². The van der Waals surface area contributed by atoms with Gasteiger partial charge in [-0.25, -0.2) is 4.39 Å². The van der Waals surface area contributed by atoms with Gasteiger partial charge in [0.1, 0.15) is 5.82 Å². The van der Waals surface area contributed by atoms with Crippen molar-refractivity contribution >= 4 is 23.2 Å². The third-order valence-electron chi connectivity index (χ3n) is 5.15. The number of methoxy groups -OCH3 is 1. The van der Waals surface area contributed by atoms with Crippen LogP contribution in [0.1, 0.15) is 15.9 Å². The van der Waals surface area contributed by atoms with Gasteiger partial charge in [0.2, 0.25) is 0 Å². The molecule has 1 amide bonds. The molecule has 3 rings (SSSR count). The summed E-state index contributed by atoms with van der Waals surface area (Å²) < 4.78 is 25.9. The molecule has 1 aliphatic rings. The second kappa shape index (κ2) is 9.41. The van der Waals surface area contributed by atoms with E-state index in [2.05, 4.69) is 10.6 Å². The molecule has 3 atom stereocenters. The van der Waals surface area contributed by atoms with Crippen LogP contribution in [0.5, 0.6) is 0 Å². The van der Waals surface area contributed by atoms with Gasteiger partial charge in [0.05, 0.1) is 31.5 Å². The Kier molecular flexibility index (Phi) is 6.92. The highest BCUT2D eigenvalue weighted by atomic mass is 32.1. The molecule has 0 aromatic heterocycles. The number of hydrogen-bond acceptors (Lipinski definition) is 5. The Hall–Kier alpha value is -2.39. The molecular formula is C21H23FN2O4S. The van der Waals surface area contributed by atoms with Gasteiger partial charge in [-0.3, -0.25) is 10.1 Å². The van der Waals surface area contributed by atoms with E-state index in [9.17, 15) is 14.3 Å². The summed E-state index contributed by atoms with van der Waals surface area (Å²) in [5, 5.41) is 15.8. The largest absolute Gasteiger partial charge is 0.396 e. The fourth-order valence-electron chi connectivity index (χ4n) is 3.68. The summed E-state index contributed by atoms with van der Waals surface area (Å²) in [4.78, 5) is 12.5. The molecule has 0 aliphatic carbocycles. The van der Waals surface area contributed by atoms with Crippen molar-refractivity contribution in [3.05, 3.63) is 71.5 Å². The first-order chi connectivity index (χ1) is 14.0. The number of halogens is 1. The fraction of sp³-hybridized carbons (Fsp3) is 0.333. The van der Waals surface area contributed by atoms with Gasteiger partial charge < -0.3 is 19.9 Å². The van der Waals surface area contributed by atoms with Crippen LogP contribution in [0.3, 0.4) is 0 Å². The van der Waals surface area contributed by atoms with E-state index in [1.54, 1.807) is 48.5 Å². The quantitative estimate of drug-likeness (QED) is 0.645. The summed E-state index contributed by atoms with van der Waals surface area (Å²) in [7, 11) is 1.50. The molecule has 0 bridgehead atoms. The van der Waals surface area contributed by atoms with Crippen molar-refractivity contribution in [2.45, 2.75) is 11.6 Å². The predicted octanol–water partition coefficient (Wildman–Crippen LogP) is 1.98. The summed E-state index contributed by atoms with van der Waals surface area (Å²) in [6.07, 6.45) is -0.492. The molecule has 3 N–H and O–H groups in total. The summed E-state index contributed by atoms with van der Waals surface area (Å²) >= 11 is 5.36. The predicted molar refractivity (Wildman–Crippen MR) is 110 cm³/mol. The van der Waals surface area contributed by atoms with E-state index in [1.165, 1.54) is 13.2 Å². The van der Waals surface area contributed by atoms with Crippen LogP contribution in [0.4, 0.5) is 4.39 Å². The van der Waals surface area contributed by atoms with Crippen LogP contribution in [-0.2, 0) is 15.0 Å². The zero-order valence-corrected chi connectivity index (χ0v) is 16.7. The van der Waals surface area contributed by atoms with Gasteiger partial charge in [-0.1, -0.05) is 36.4 Å². The summed E-state index contributed by atoms with van der Waals surface area (Å²) in [5.74, 6) is -1.44. The number of amides is 1. The number of hydrogen-bond donors (Lipinski definition) is 3. The van der Waals surface area contributed by atoms with Crippen LogP contribution in [0.15, 0.2) is 54.6 Å². The maximum atomic E-state index is 14.8. The minimum atomic E-state index is -1.22. The van der Waals surface area contributed by atoms with E-state index >= 15 is 0 Å². The first-order valence-corrected chi connectivity index (χ1v) is 9.57. The molecule has 154 valence electrons. The number of ether oxygens (including phenoxy) is 2. The number of carbonyl (C=O) groups excluding carboxylic acids is 1. The molecule has 0 radical (unpaired) electrons. The average Bonchev–Trinajstić information content (AvgIpc) is 2.74. The van der Waals surface area contributed by atoms with Crippen molar-refractivity contribution in [1.29, 1.82) is 0 Å². The highest BCUT2D eigenvalue weighted by Crippen LogP contribution is 2.38. The van der Waals surface area contributed by atoms with Gasteiger partial charge in [-0.2, -0.15) is 0 Å². The molecule has 1 fully saturated rings. The van der Waals surface area contributed by atoms with Gasteiger partial charge in [0, 0.05) is 24.2 Å². The number of carbonyl (C=O) groups is 1. The second-order valence-corrected chi connectivity index (χ2v) is 7.21. The molecule has 0 unspecified atom stereocenters. The lowest BCUT2D eigenvalue weighted by Crippen LogP contribution is -2.64. The Morgan fingerprint density at radius 1 is 1.28 bits per heavy atom. The van der Waals surface area contributed by atoms with Crippen LogP contribution in [-0.4, -0.2) is 49.2 Å². The Morgan fingerprint density at radius 2 is 1.97 bits per heavy atom. The SMILES string of the molecule is CO[C@H]1COC[C@@](NC(=S)NC(=O)c2ccccc2)(c2ccccc2F)[C@@H]1CO. The number of rotatable bonds is 5. The van der Waals surface area contributed by atoms with Crippen LogP contribution in [0.25, 0.3) is 0 Å². The van der Waals surface area contributed by atoms with Gasteiger partial charge >= 0.3 is 0 Å². The number of aliphatic hydroxyl groups is 1. The summed E-state index contributed by atoms with van der Waals surface area (Å²) in [6, 6.07) is 14.8. The fourth-order valence-corrected chi connectivity index (χ4v) is 3.95. The van der Waals surface area contributed by atoms with Crippen LogP contribution in [0.2, 0.25) is 0 Å².